The number of nitrogens with zero attached hydrogens (tertiary/aromatic N) is 1. The Morgan fingerprint density at radius 1 is 1.00 bits per heavy atom. The van der Waals surface area contributed by atoms with Gasteiger partial charge in [-0.25, -0.2) is 8.42 Å². The molecule has 7 heteroatoms. The summed E-state index contributed by atoms with van der Waals surface area (Å²) >= 11 is 0. The summed E-state index contributed by atoms with van der Waals surface area (Å²) in [5.41, 5.74) is 0.649. The smallest absolute Gasteiger partial charge is 0.282 e. The number of likely N-dealkylation sites (tertiary alicyclic amines) is 1. The van der Waals surface area contributed by atoms with Crippen LogP contribution >= 0.6 is 0 Å². The number of carbonyl (C=O) groups is 1. The Balaban J connectivity index is 1.62. The number of sulfonamides is 1. The van der Waals surface area contributed by atoms with Gasteiger partial charge in [-0.3, -0.25) is 4.79 Å². The predicted octanol–water partition coefficient (Wildman–Crippen LogP) is 1.26. The van der Waals surface area contributed by atoms with E-state index in [0.717, 1.165) is 25.9 Å². The van der Waals surface area contributed by atoms with E-state index < -0.39 is 10.0 Å². The van der Waals surface area contributed by atoms with Crippen LogP contribution in [0.2, 0.25) is 0 Å². The first-order chi connectivity index (χ1) is 12.5. The van der Waals surface area contributed by atoms with Crippen LogP contribution in [0.5, 0.6) is 0 Å². The fourth-order valence-electron chi connectivity index (χ4n) is 3.84. The molecule has 0 aromatic heterocycles. The minimum absolute atomic E-state index is 0.00273. The average molecular weight is 381 g/mol. The minimum atomic E-state index is -3.40. The normalized spacial score (nSPS) is 21.3. The number of carbonyl (C=O) groups excluding carboxylic acids is 1. The molecule has 0 unspecified atom stereocenters. The van der Waals surface area contributed by atoms with E-state index in [1.165, 1.54) is 34.9 Å². The van der Waals surface area contributed by atoms with E-state index in [2.05, 4.69) is 5.32 Å². The lowest BCUT2D eigenvalue weighted by Gasteiger charge is -2.23. The third-order valence-electron chi connectivity index (χ3n) is 5.58. The van der Waals surface area contributed by atoms with Crippen molar-refractivity contribution < 1.29 is 18.1 Å². The van der Waals surface area contributed by atoms with E-state index in [1.807, 2.05) is 6.92 Å². The highest BCUT2D eigenvalue weighted by Crippen LogP contribution is 2.22. The van der Waals surface area contributed by atoms with Gasteiger partial charge in [0.1, 0.15) is 0 Å². The van der Waals surface area contributed by atoms with Crippen LogP contribution in [0.4, 0.5) is 5.69 Å². The first kappa shape index (κ1) is 19.3. The molecule has 1 amide bonds. The number of anilines is 1. The van der Waals surface area contributed by atoms with Gasteiger partial charge in [0.25, 0.3) is 5.91 Å². The monoisotopic (exact) mass is 380 g/mol. The summed E-state index contributed by atoms with van der Waals surface area (Å²) < 4.78 is 26.6. The standard InChI is InChI=1S/C19H29N3O3S/c1-16(21-12-4-2-3-5-13-21)19(23)20-17-8-10-18(11-9-17)26(24,25)22-14-6-7-15-22/h8-11,16H,2-7,12-15H2,1H3,(H,20,23)/p+1/t16-/m1/s1. The molecule has 2 fully saturated rings. The van der Waals surface area contributed by atoms with Crippen LogP contribution in [0.25, 0.3) is 0 Å². The molecule has 2 heterocycles. The van der Waals surface area contributed by atoms with Crippen molar-refractivity contribution in [2.45, 2.75) is 56.4 Å². The number of hydrogen-bond donors (Lipinski definition) is 2. The first-order valence-electron chi connectivity index (χ1n) is 9.74. The van der Waals surface area contributed by atoms with Crippen molar-refractivity contribution >= 4 is 21.6 Å². The molecule has 0 radical (unpaired) electrons. The van der Waals surface area contributed by atoms with Crippen LogP contribution in [0, 0.1) is 0 Å². The van der Waals surface area contributed by atoms with Crippen LogP contribution in [-0.2, 0) is 14.8 Å². The quantitative estimate of drug-likeness (QED) is 0.808. The lowest BCUT2D eigenvalue weighted by atomic mass is 10.2. The van der Waals surface area contributed by atoms with Crippen molar-refractivity contribution in [2.75, 3.05) is 31.5 Å². The number of quaternary nitrogens is 1. The summed E-state index contributed by atoms with van der Waals surface area (Å²) in [6.07, 6.45) is 6.70. The molecule has 3 rings (SSSR count). The Labute approximate surface area is 156 Å². The molecule has 1 aromatic rings. The van der Waals surface area contributed by atoms with Crippen LogP contribution < -0.4 is 10.2 Å². The average Bonchev–Trinajstić information content (AvgIpc) is 3.06. The van der Waals surface area contributed by atoms with Gasteiger partial charge in [-0.2, -0.15) is 4.31 Å². The number of rotatable bonds is 5. The van der Waals surface area contributed by atoms with Crippen molar-refractivity contribution in [3.8, 4) is 0 Å². The van der Waals surface area contributed by atoms with Crippen molar-refractivity contribution in [1.29, 1.82) is 0 Å². The molecule has 1 atom stereocenters. The topological polar surface area (TPSA) is 70.9 Å². The summed E-state index contributed by atoms with van der Waals surface area (Å²) in [5.74, 6) is -0.00273. The molecule has 6 nitrogen and oxygen atoms in total. The molecule has 1 aromatic carbocycles. The Kier molecular flexibility index (Phi) is 6.32. The molecule has 2 aliphatic heterocycles. The van der Waals surface area contributed by atoms with Crippen molar-refractivity contribution in [3.63, 3.8) is 0 Å². The fraction of sp³-hybridized carbons (Fsp3) is 0.632. The highest BCUT2D eigenvalue weighted by atomic mass is 32.2. The molecular formula is C19H30N3O3S+. The number of benzene rings is 1. The second-order valence-corrected chi connectivity index (χ2v) is 9.36. The Morgan fingerprint density at radius 3 is 2.15 bits per heavy atom. The van der Waals surface area contributed by atoms with Gasteiger partial charge in [-0.15, -0.1) is 0 Å². The Morgan fingerprint density at radius 2 is 1.58 bits per heavy atom. The van der Waals surface area contributed by atoms with Gasteiger partial charge in [0.05, 0.1) is 18.0 Å². The first-order valence-corrected chi connectivity index (χ1v) is 11.2. The second kappa shape index (κ2) is 8.50. The molecular weight excluding hydrogens is 350 g/mol. The maximum absolute atomic E-state index is 12.6. The molecule has 144 valence electrons. The van der Waals surface area contributed by atoms with E-state index in [1.54, 1.807) is 24.3 Å². The summed E-state index contributed by atoms with van der Waals surface area (Å²) in [6, 6.07) is 6.46. The molecule has 0 aliphatic carbocycles. The third-order valence-corrected chi connectivity index (χ3v) is 7.49. The summed E-state index contributed by atoms with van der Waals surface area (Å²) in [7, 11) is -3.40. The molecule has 2 saturated heterocycles. The van der Waals surface area contributed by atoms with Gasteiger partial charge in [0.2, 0.25) is 10.0 Å². The van der Waals surface area contributed by atoms with Crippen LogP contribution in [0.3, 0.4) is 0 Å². The maximum Gasteiger partial charge on any atom is 0.282 e. The molecule has 2 aliphatic rings. The summed E-state index contributed by atoms with van der Waals surface area (Å²) in [6.45, 7) is 5.25. The van der Waals surface area contributed by atoms with Gasteiger partial charge >= 0.3 is 0 Å². The zero-order valence-electron chi connectivity index (χ0n) is 15.5. The van der Waals surface area contributed by atoms with Crippen molar-refractivity contribution in [1.82, 2.24) is 4.31 Å². The highest BCUT2D eigenvalue weighted by molar-refractivity contribution is 7.89. The second-order valence-electron chi connectivity index (χ2n) is 7.42. The molecule has 2 N–H and O–H groups in total. The molecule has 0 saturated carbocycles. The van der Waals surface area contributed by atoms with Gasteiger partial charge < -0.3 is 10.2 Å². The van der Waals surface area contributed by atoms with Gasteiger partial charge in [-0.05, 0) is 69.7 Å². The largest absolute Gasteiger partial charge is 0.325 e. The van der Waals surface area contributed by atoms with E-state index >= 15 is 0 Å². The van der Waals surface area contributed by atoms with Crippen LogP contribution in [-0.4, -0.2) is 50.9 Å². The Bertz CT molecular complexity index is 704. The molecule has 0 bridgehead atoms. The van der Waals surface area contributed by atoms with Gasteiger partial charge in [-0.1, -0.05) is 0 Å². The number of nitrogens with one attached hydrogen (secondary N) is 2. The van der Waals surface area contributed by atoms with Gasteiger partial charge in [0.15, 0.2) is 6.04 Å². The summed E-state index contributed by atoms with van der Waals surface area (Å²) in [4.78, 5) is 14.2. The van der Waals surface area contributed by atoms with Crippen LogP contribution in [0.1, 0.15) is 45.4 Å². The SMILES string of the molecule is C[C@H](C(=O)Nc1ccc(S(=O)(=O)N2CCCC2)cc1)[NH+]1CCCCCC1. The van der Waals surface area contributed by atoms with E-state index in [4.69, 9.17) is 0 Å². The third kappa shape index (κ3) is 4.45. The van der Waals surface area contributed by atoms with E-state index in [0.29, 0.717) is 23.7 Å². The van der Waals surface area contributed by atoms with E-state index in [9.17, 15) is 13.2 Å². The van der Waals surface area contributed by atoms with Gasteiger partial charge in [0, 0.05) is 18.8 Å². The predicted molar refractivity (Wildman–Crippen MR) is 102 cm³/mol. The maximum atomic E-state index is 12.6. The molecule has 26 heavy (non-hydrogen) atoms. The minimum Gasteiger partial charge on any atom is -0.325 e. The highest BCUT2D eigenvalue weighted by Gasteiger charge is 2.28. The van der Waals surface area contributed by atoms with Crippen molar-refractivity contribution in [3.05, 3.63) is 24.3 Å². The lowest BCUT2D eigenvalue weighted by Crippen LogP contribution is -3.16. The van der Waals surface area contributed by atoms with E-state index in [-0.39, 0.29) is 11.9 Å². The lowest BCUT2D eigenvalue weighted by molar-refractivity contribution is -0.913. The number of amides is 1. The zero-order chi connectivity index (χ0) is 18.6. The number of hydrogen-bond acceptors (Lipinski definition) is 3. The fourth-order valence-corrected chi connectivity index (χ4v) is 5.36. The van der Waals surface area contributed by atoms with Crippen LogP contribution in [0.15, 0.2) is 29.2 Å². The zero-order valence-corrected chi connectivity index (χ0v) is 16.4. The summed E-state index contributed by atoms with van der Waals surface area (Å²) in [5, 5.41) is 2.94. The Hall–Kier alpha value is -1.44. The van der Waals surface area contributed by atoms with Crippen molar-refractivity contribution in [2.24, 2.45) is 0 Å². The molecule has 0 spiro atoms.